The second-order valence-corrected chi connectivity index (χ2v) is 11.0. The van der Waals surface area contributed by atoms with Crippen LogP contribution in [0, 0.1) is 0 Å². The van der Waals surface area contributed by atoms with Gasteiger partial charge in [-0.3, -0.25) is 4.72 Å². The van der Waals surface area contributed by atoms with Crippen molar-refractivity contribution >= 4 is 48.9 Å². The second kappa shape index (κ2) is 8.59. The predicted octanol–water partition coefficient (Wildman–Crippen LogP) is 4.11. The molecule has 1 heterocycles. The number of halogens is 2. The maximum absolute atomic E-state index is 12.7. The van der Waals surface area contributed by atoms with E-state index in [1.807, 2.05) is 0 Å². The Balaban J connectivity index is 1.75. The van der Waals surface area contributed by atoms with Crippen LogP contribution in [0.4, 0.5) is 5.69 Å². The van der Waals surface area contributed by atoms with Gasteiger partial charge in [0, 0.05) is 34.4 Å². The maximum atomic E-state index is 12.7. The molecule has 0 aromatic heterocycles. The summed E-state index contributed by atoms with van der Waals surface area (Å²) in [7, 11) is -7.34. The lowest BCUT2D eigenvalue weighted by molar-refractivity contribution is 0.346. The number of piperidine rings is 1. The third kappa shape index (κ3) is 4.99. The van der Waals surface area contributed by atoms with Crippen LogP contribution in [0.15, 0.2) is 47.4 Å². The minimum absolute atomic E-state index is 0.145. The molecule has 2 aromatic carbocycles. The van der Waals surface area contributed by atoms with E-state index in [9.17, 15) is 16.8 Å². The van der Waals surface area contributed by atoms with Crippen molar-refractivity contribution in [2.75, 3.05) is 17.8 Å². The van der Waals surface area contributed by atoms with Crippen molar-refractivity contribution in [2.45, 2.75) is 29.9 Å². The van der Waals surface area contributed by atoms with Crippen molar-refractivity contribution in [3.63, 3.8) is 0 Å². The smallest absolute Gasteiger partial charge is 0.243 e. The molecule has 2 aromatic rings. The first-order chi connectivity index (χ1) is 13.2. The van der Waals surface area contributed by atoms with Crippen molar-refractivity contribution in [3.8, 4) is 0 Å². The summed E-state index contributed by atoms with van der Waals surface area (Å²) in [6.45, 7) is 1.02. The number of rotatable bonds is 6. The van der Waals surface area contributed by atoms with Crippen LogP contribution in [-0.2, 0) is 25.8 Å². The number of anilines is 1. The molecule has 0 saturated carbocycles. The molecule has 0 spiro atoms. The molecule has 0 amide bonds. The second-order valence-electron chi connectivity index (χ2n) is 6.55. The topological polar surface area (TPSA) is 83.5 Å². The summed E-state index contributed by atoms with van der Waals surface area (Å²) in [5, 5.41) is 0.529. The van der Waals surface area contributed by atoms with Crippen LogP contribution in [-0.4, -0.2) is 34.2 Å². The van der Waals surface area contributed by atoms with Crippen LogP contribution in [0.2, 0.25) is 10.0 Å². The van der Waals surface area contributed by atoms with E-state index in [1.165, 1.54) is 28.6 Å². The van der Waals surface area contributed by atoms with Crippen molar-refractivity contribution in [2.24, 2.45) is 0 Å². The van der Waals surface area contributed by atoms with Gasteiger partial charge in [0.25, 0.3) is 0 Å². The monoisotopic (exact) mass is 462 g/mol. The van der Waals surface area contributed by atoms with Gasteiger partial charge in [-0.05, 0) is 49.2 Å². The number of nitrogens with one attached hydrogen (secondary N) is 1. The van der Waals surface area contributed by atoms with Crippen LogP contribution in [0.1, 0.15) is 24.8 Å². The predicted molar refractivity (Wildman–Crippen MR) is 112 cm³/mol. The number of sulfonamides is 2. The molecule has 28 heavy (non-hydrogen) atoms. The van der Waals surface area contributed by atoms with E-state index in [-0.39, 0.29) is 26.4 Å². The molecule has 1 saturated heterocycles. The Bertz CT molecular complexity index is 1030. The molecule has 10 heteroatoms. The molecule has 1 aliphatic heterocycles. The van der Waals surface area contributed by atoms with Gasteiger partial charge in [0.2, 0.25) is 20.0 Å². The van der Waals surface area contributed by atoms with Crippen molar-refractivity contribution in [1.82, 2.24) is 4.31 Å². The van der Waals surface area contributed by atoms with Crippen LogP contribution >= 0.6 is 23.2 Å². The highest BCUT2D eigenvalue weighted by Crippen LogP contribution is 2.27. The number of nitrogens with zero attached hydrogens (tertiary/aromatic N) is 1. The van der Waals surface area contributed by atoms with Gasteiger partial charge in [-0.2, -0.15) is 4.31 Å². The van der Waals surface area contributed by atoms with E-state index in [1.54, 1.807) is 18.2 Å². The lowest BCUT2D eigenvalue weighted by Gasteiger charge is -2.25. The fourth-order valence-corrected chi connectivity index (χ4v) is 6.49. The summed E-state index contributed by atoms with van der Waals surface area (Å²) in [5.41, 5.74) is 0.573. The standard InChI is InChI=1S/C18H20Cl2N2O4S2/c19-17-5-4-6-18(20)16(17)13-27(23,24)21-14-7-9-15(10-8-14)28(25,26)22-11-2-1-3-12-22/h4-10,21H,1-3,11-13H2. The van der Waals surface area contributed by atoms with Gasteiger partial charge in [0.05, 0.1) is 10.6 Å². The molecule has 0 aliphatic carbocycles. The van der Waals surface area contributed by atoms with Gasteiger partial charge in [0.1, 0.15) is 0 Å². The zero-order valence-corrected chi connectivity index (χ0v) is 18.1. The summed E-state index contributed by atoms with van der Waals surface area (Å²) >= 11 is 12.1. The third-order valence-electron chi connectivity index (χ3n) is 4.48. The number of hydrogen-bond acceptors (Lipinski definition) is 4. The Hall–Kier alpha value is -1.32. The summed E-state index contributed by atoms with van der Waals surface area (Å²) < 4.78 is 54.1. The summed E-state index contributed by atoms with van der Waals surface area (Å²) in [4.78, 5) is 0.145. The highest BCUT2D eigenvalue weighted by molar-refractivity contribution is 7.92. The Morgan fingerprint density at radius 2 is 1.43 bits per heavy atom. The summed E-state index contributed by atoms with van der Waals surface area (Å²) in [6.07, 6.45) is 2.73. The van der Waals surface area contributed by atoms with Gasteiger partial charge in [0.15, 0.2) is 0 Å². The summed E-state index contributed by atoms with van der Waals surface area (Å²) in [6, 6.07) is 10.5. The molecular formula is C18H20Cl2N2O4S2. The van der Waals surface area contributed by atoms with E-state index in [0.717, 1.165) is 19.3 Å². The maximum Gasteiger partial charge on any atom is 0.243 e. The van der Waals surface area contributed by atoms with Gasteiger partial charge in [-0.1, -0.05) is 35.7 Å². The fourth-order valence-electron chi connectivity index (χ4n) is 3.03. The quantitative estimate of drug-likeness (QED) is 0.699. The van der Waals surface area contributed by atoms with E-state index >= 15 is 0 Å². The van der Waals surface area contributed by atoms with Gasteiger partial charge in [-0.15, -0.1) is 0 Å². The highest BCUT2D eigenvalue weighted by atomic mass is 35.5. The lowest BCUT2D eigenvalue weighted by Crippen LogP contribution is -2.35. The Morgan fingerprint density at radius 3 is 2.00 bits per heavy atom. The third-order valence-corrected chi connectivity index (χ3v) is 8.31. The molecule has 0 unspecified atom stereocenters. The molecular weight excluding hydrogens is 443 g/mol. The first kappa shape index (κ1) is 21.4. The van der Waals surface area contributed by atoms with E-state index < -0.39 is 20.0 Å². The van der Waals surface area contributed by atoms with Crippen molar-refractivity contribution < 1.29 is 16.8 Å². The normalized spacial score (nSPS) is 16.1. The first-order valence-electron chi connectivity index (χ1n) is 8.73. The van der Waals surface area contributed by atoms with E-state index in [4.69, 9.17) is 23.2 Å². The molecule has 6 nitrogen and oxygen atoms in total. The van der Waals surface area contributed by atoms with Crippen LogP contribution in [0.25, 0.3) is 0 Å². The van der Waals surface area contributed by atoms with Crippen LogP contribution in [0.5, 0.6) is 0 Å². The Kier molecular flexibility index (Phi) is 6.56. The number of hydrogen-bond donors (Lipinski definition) is 1. The van der Waals surface area contributed by atoms with E-state index in [0.29, 0.717) is 18.7 Å². The minimum atomic E-state index is -3.78. The van der Waals surface area contributed by atoms with E-state index in [2.05, 4.69) is 4.72 Å². The average molecular weight is 463 g/mol. The highest BCUT2D eigenvalue weighted by Gasteiger charge is 2.26. The lowest BCUT2D eigenvalue weighted by atomic mass is 10.2. The molecule has 0 atom stereocenters. The minimum Gasteiger partial charge on any atom is -0.283 e. The Morgan fingerprint density at radius 1 is 0.857 bits per heavy atom. The summed E-state index contributed by atoms with van der Waals surface area (Å²) in [5.74, 6) is -0.390. The van der Waals surface area contributed by atoms with Gasteiger partial charge < -0.3 is 0 Å². The molecule has 0 radical (unpaired) electrons. The molecule has 152 valence electrons. The average Bonchev–Trinajstić information content (AvgIpc) is 2.66. The van der Waals surface area contributed by atoms with Gasteiger partial charge >= 0.3 is 0 Å². The SMILES string of the molecule is O=S(=O)(Cc1c(Cl)cccc1Cl)Nc1ccc(S(=O)(=O)N2CCCCC2)cc1. The molecule has 0 bridgehead atoms. The zero-order valence-electron chi connectivity index (χ0n) is 14.9. The molecule has 3 rings (SSSR count). The van der Waals surface area contributed by atoms with Gasteiger partial charge in [-0.25, -0.2) is 16.8 Å². The van der Waals surface area contributed by atoms with Crippen molar-refractivity contribution in [3.05, 3.63) is 58.1 Å². The molecule has 1 aliphatic rings. The largest absolute Gasteiger partial charge is 0.283 e. The molecule has 1 N–H and O–H groups in total. The Labute approximate surface area is 175 Å². The number of benzene rings is 2. The molecule has 1 fully saturated rings. The van der Waals surface area contributed by atoms with Crippen molar-refractivity contribution in [1.29, 1.82) is 0 Å². The van der Waals surface area contributed by atoms with Crippen LogP contribution in [0.3, 0.4) is 0 Å². The zero-order chi connectivity index (χ0) is 20.4. The fraction of sp³-hybridized carbons (Fsp3) is 0.333. The van der Waals surface area contributed by atoms with Crippen LogP contribution < -0.4 is 4.72 Å². The first-order valence-corrected chi connectivity index (χ1v) is 12.6.